The van der Waals surface area contributed by atoms with Crippen molar-refractivity contribution in [2.45, 2.75) is 64.0 Å². The van der Waals surface area contributed by atoms with E-state index in [1.54, 1.807) is 0 Å². The van der Waals surface area contributed by atoms with Gasteiger partial charge in [0.05, 0.1) is 6.61 Å². The van der Waals surface area contributed by atoms with Crippen molar-refractivity contribution in [3.05, 3.63) is 35.4 Å². The molecule has 0 aliphatic carbocycles. The van der Waals surface area contributed by atoms with Crippen LogP contribution in [0.25, 0.3) is 0 Å². The molecule has 2 nitrogen and oxygen atoms in total. The van der Waals surface area contributed by atoms with Crippen LogP contribution in [-0.4, -0.2) is 12.6 Å². The number of thiol groups is 1. The maximum Gasteiger partial charge on any atom is 0.305 e. The zero-order valence-electron chi connectivity index (χ0n) is 13.3. The summed E-state index contributed by atoms with van der Waals surface area (Å²) >= 11 is 4.43. The van der Waals surface area contributed by atoms with Gasteiger partial charge in [-0.05, 0) is 44.2 Å². The van der Waals surface area contributed by atoms with Crippen molar-refractivity contribution in [2.24, 2.45) is 0 Å². The quantitative estimate of drug-likeness (QED) is 0.369. The summed E-state index contributed by atoms with van der Waals surface area (Å²) in [6.45, 7) is 4.43. The first kappa shape index (κ1) is 18.1. The molecule has 1 unspecified atom stereocenters. The van der Waals surface area contributed by atoms with Crippen molar-refractivity contribution in [3.63, 3.8) is 0 Å². The van der Waals surface area contributed by atoms with Crippen molar-refractivity contribution >= 4 is 18.6 Å². The lowest BCUT2D eigenvalue weighted by molar-refractivity contribution is -0.143. The minimum atomic E-state index is -0.0593. The summed E-state index contributed by atoms with van der Waals surface area (Å²) in [5.74, 6) is -0.0593. The molecule has 0 aromatic heterocycles. The molecule has 1 aromatic rings. The largest absolute Gasteiger partial charge is 0.466 e. The second-order valence-electron chi connectivity index (χ2n) is 5.49. The van der Waals surface area contributed by atoms with Crippen LogP contribution < -0.4 is 0 Å². The van der Waals surface area contributed by atoms with E-state index in [0.717, 1.165) is 19.3 Å². The maximum atomic E-state index is 11.2. The van der Waals surface area contributed by atoms with Gasteiger partial charge in [-0.3, -0.25) is 4.79 Å². The van der Waals surface area contributed by atoms with E-state index < -0.39 is 0 Å². The summed E-state index contributed by atoms with van der Waals surface area (Å²) in [6.07, 6.45) is 7.42. The average Bonchev–Trinajstić information content (AvgIpc) is 2.47. The van der Waals surface area contributed by atoms with Gasteiger partial charge in [0.25, 0.3) is 0 Å². The molecule has 1 aromatic carbocycles. The molecule has 21 heavy (non-hydrogen) atoms. The van der Waals surface area contributed by atoms with E-state index >= 15 is 0 Å². The molecule has 1 atom stereocenters. The zero-order valence-corrected chi connectivity index (χ0v) is 14.2. The SMILES string of the molecule is CCOC(=O)CCCCCCCc1ccc(C(C)S)cc1. The number of carbonyl (C=O) groups excluding carboxylic acids is 1. The van der Waals surface area contributed by atoms with Gasteiger partial charge in [-0.15, -0.1) is 0 Å². The first-order valence-electron chi connectivity index (χ1n) is 8.06. The second-order valence-corrected chi connectivity index (χ2v) is 6.26. The van der Waals surface area contributed by atoms with Gasteiger partial charge in [-0.1, -0.05) is 43.5 Å². The Labute approximate surface area is 134 Å². The highest BCUT2D eigenvalue weighted by Crippen LogP contribution is 2.19. The molecule has 0 amide bonds. The Hall–Kier alpha value is -0.960. The monoisotopic (exact) mass is 308 g/mol. The minimum Gasteiger partial charge on any atom is -0.466 e. The molecule has 0 fully saturated rings. The molecule has 0 bridgehead atoms. The molecule has 0 saturated carbocycles. The lowest BCUT2D eigenvalue weighted by Crippen LogP contribution is -2.03. The molecule has 3 heteroatoms. The number of ether oxygens (including phenoxy) is 1. The smallest absolute Gasteiger partial charge is 0.305 e. The molecule has 0 N–H and O–H groups in total. The number of rotatable bonds is 10. The lowest BCUT2D eigenvalue weighted by atomic mass is 10.0. The number of benzene rings is 1. The summed E-state index contributed by atoms with van der Waals surface area (Å²) < 4.78 is 4.91. The van der Waals surface area contributed by atoms with Crippen LogP contribution in [0.5, 0.6) is 0 Å². The number of esters is 1. The Kier molecular flexibility index (Phi) is 9.24. The van der Waals surface area contributed by atoms with Gasteiger partial charge in [0.15, 0.2) is 0 Å². The molecule has 1 rings (SSSR count). The maximum absolute atomic E-state index is 11.2. The van der Waals surface area contributed by atoms with E-state index in [0.29, 0.717) is 18.3 Å². The number of unbranched alkanes of at least 4 members (excludes halogenated alkanes) is 4. The molecule has 0 spiro atoms. The van der Waals surface area contributed by atoms with Crippen LogP contribution in [0.1, 0.15) is 68.7 Å². The topological polar surface area (TPSA) is 26.3 Å². The van der Waals surface area contributed by atoms with Crippen LogP contribution in [0.3, 0.4) is 0 Å². The van der Waals surface area contributed by atoms with Crippen LogP contribution in [-0.2, 0) is 16.0 Å². The first-order valence-corrected chi connectivity index (χ1v) is 8.57. The van der Waals surface area contributed by atoms with E-state index in [1.165, 1.54) is 30.4 Å². The van der Waals surface area contributed by atoms with Crippen LogP contribution in [0, 0.1) is 0 Å². The highest BCUT2D eigenvalue weighted by atomic mass is 32.1. The normalized spacial score (nSPS) is 12.1. The van der Waals surface area contributed by atoms with Crippen molar-refractivity contribution < 1.29 is 9.53 Å². The average molecular weight is 308 g/mol. The third kappa shape index (κ3) is 8.15. The number of hydrogen-bond donors (Lipinski definition) is 1. The Morgan fingerprint density at radius 3 is 2.33 bits per heavy atom. The van der Waals surface area contributed by atoms with E-state index in [4.69, 9.17) is 4.74 Å². The Morgan fingerprint density at radius 2 is 1.71 bits per heavy atom. The fraction of sp³-hybridized carbons (Fsp3) is 0.611. The Morgan fingerprint density at radius 1 is 1.10 bits per heavy atom. The summed E-state index contributed by atoms with van der Waals surface area (Å²) in [4.78, 5) is 11.2. The molecule has 0 heterocycles. The Bertz CT molecular complexity index is 398. The Balaban J connectivity index is 2.05. The number of aryl methyl sites for hydroxylation is 1. The lowest BCUT2D eigenvalue weighted by Gasteiger charge is -2.06. The number of carbonyl (C=O) groups is 1. The van der Waals surface area contributed by atoms with E-state index in [2.05, 4.69) is 43.8 Å². The van der Waals surface area contributed by atoms with Crippen LogP contribution >= 0.6 is 12.6 Å². The first-order chi connectivity index (χ1) is 10.1. The molecule has 118 valence electrons. The summed E-state index contributed by atoms with van der Waals surface area (Å²) in [7, 11) is 0. The summed E-state index contributed by atoms with van der Waals surface area (Å²) in [6, 6.07) is 8.77. The van der Waals surface area contributed by atoms with Crippen molar-refractivity contribution in [1.82, 2.24) is 0 Å². The third-order valence-electron chi connectivity index (χ3n) is 3.61. The molecular weight excluding hydrogens is 280 g/mol. The molecular formula is C18H28O2S. The van der Waals surface area contributed by atoms with Crippen LogP contribution in [0.2, 0.25) is 0 Å². The van der Waals surface area contributed by atoms with Gasteiger partial charge in [-0.25, -0.2) is 0 Å². The molecule has 0 saturated heterocycles. The third-order valence-corrected chi connectivity index (χ3v) is 3.91. The summed E-state index contributed by atoms with van der Waals surface area (Å²) in [5, 5.41) is 0.304. The van der Waals surface area contributed by atoms with Gasteiger partial charge in [-0.2, -0.15) is 12.6 Å². The highest BCUT2D eigenvalue weighted by molar-refractivity contribution is 7.80. The second kappa shape index (κ2) is 10.7. The van der Waals surface area contributed by atoms with E-state index in [9.17, 15) is 4.79 Å². The fourth-order valence-electron chi connectivity index (χ4n) is 2.32. The standard InChI is InChI=1S/C18H28O2S/c1-3-20-18(19)10-8-6-4-5-7-9-16-11-13-17(14-12-16)15(2)21/h11-15,21H,3-10H2,1-2H3. The van der Waals surface area contributed by atoms with Gasteiger partial charge in [0, 0.05) is 11.7 Å². The van der Waals surface area contributed by atoms with Gasteiger partial charge < -0.3 is 4.74 Å². The molecule has 0 aliphatic rings. The van der Waals surface area contributed by atoms with E-state index in [1.807, 2.05) is 6.92 Å². The zero-order chi connectivity index (χ0) is 15.5. The van der Waals surface area contributed by atoms with Crippen molar-refractivity contribution in [1.29, 1.82) is 0 Å². The summed E-state index contributed by atoms with van der Waals surface area (Å²) in [5.41, 5.74) is 2.68. The predicted molar refractivity (Wildman–Crippen MR) is 91.9 cm³/mol. The molecule has 0 radical (unpaired) electrons. The van der Waals surface area contributed by atoms with Gasteiger partial charge in [0.2, 0.25) is 0 Å². The predicted octanol–water partition coefficient (Wildman–Crippen LogP) is 5.12. The molecule has 0 aliphatic heterocycles. The van der Waals surface area contributed by atoms with E-state index in [-0.39, 0.29) is 5.97 Å². The van der Waals surface area contributed by atoms with Gasteiger partial charge >= 0.3 is 5.97 Å². The highest BCUT2D eigenvalue weighted by Gasteiger charge is 2.01. The van der Waals surface area contributed by atoms with Crippen LogP contribution in [0.4, 0.5) is 0 Å². The van der Waals surface area contributed by atoms with Gasteiger partial charge in [0.1, 0.15) is 0 Å². The van der Waals surface area contributed by atoms with Crippen molar-refractivity contribution in [2.75, 3.05) is 6.61 Å². The van der Waals surface area contributed by atoms with Crippen molar-refractivity contribution in [3.8, 4) is 0 Å². The fourth-order valence-corrected chi connectivity index (χ4v) is 2.50. The number of hydrogen-bond acceptors (Lipinski definition) is 3. The minimum absolute atomic E-state index is 0.0593. The van der Waals surface area contributed by atoms with Crippen LogP contribution in [0.15, 0.2) is 24.3 Å².